The van der Waals surface area contributed by atoms with Crippen LogP contribution >= 0.6 is 0 Å². The van der Waals surface area contributed by atoms with Crippen LogP contribution in [0.2, 0.25) is 0 Å². The summed E-state index contributed by atoms with van der Waals surface area (Å²) in [6.45, 7) is 1.23. The summed E-state index contributed by atoms with van der Waals surface area (Å²) < 4.78 is 59.4. The van der Waals surface area contributed by atoms with Gasteiger partial charge in [-0.1, -0.05) is 54.6 Å². The van der Waals surface area contributed by atoms with Crippen molar-refractivity contribution in [2.75, 3.05) is 41.1 Å². The zero-order chi connectivity index (χ0) is 24.6. The maximum atomic E-state index is 14.5. The number of halogens is 3. The van der Waals surface area contributed by atoms with Crippen LogP contribution in [0.4, 0.5) is 13.2 Å². The Hall–Kier alpha value is -3.29. The molecule has 0 heterocycles. The molecule has 3 aromatic carbocycles. The molecule has 0 radical (unpaired) electrons. The summed E-state index contributed by atoms with van der Waals surface area (Å²) in [4.78, 5) is 1.99. The average molecular weight is 472 g/mol. The predicted octanol–water partition coefficient (Wildman–Crippen LogP) is 6.13. The molecule has 4 nitrogen and oxygen atoms in total. The zero-order valence-electron chi connectivity index (χ0n) is 19.4. The summed E-state index contributed by atoms with van der Waals surface area (Å²) in [6.07, 6.45) is -4.60. The zero-order valence-corrected chi connectivity index (χ0v) is 19.4. The summed E-state index contributed by atoms with van der Waals surface area (Å²) in [5, 5.41) is 0. The maximum absolute atomic E-state index is 14.5. The lowest BCUT2D eigenvalue weighted by molar-refractivity contribution is -0.0685. The molecule has 0 saturated heterocycles. The Morgan fingerprint density at radius 2 is 1.26 bits per heavy atom. The third kappa shape index (κ3) is 6.85. The quantitative estimate of drug-likeness (QED) is 0.263. The largest absolute Gasteiger partial charge is 0.492 e. The smallest absolute Gasteiger partial charge is 0.417 e. The van der Waals surface area contributed by atoms with Crippen LogP contribution in [-0.2, 0) is 4.74 Å². The molecule has 0 bridgehead atoms. The molecule has 0 N–H and O–H groups in total. The van der Waals surface area contributed by atoms with Crippen molar-refractivity contribution in [2.24, 2.45) is 0 Å². The van der Waals surface area contributed by atoms with Gasteiger partial charge in [-0.05, 0) is 55.1 Å². The summed E-state index contributed by atoms with van der Waals surface area (Å²) >= 11 is 0. The van der Waals surface area contributed by atoms with Crippen molar-refractivity contribution in [1.29, 1.82) is 0 Å². The number of ether oxygens (including phenoxy) is 3. The normalized spacial score (nSPS) is 12.4. The molecule has 0 amide bonds. The van der Waals surface area contributed by atoms with Crippen LogP contribution in [-0.4, -0.2) is 52.2 Å². The first-order chi connectivity index (χ1) is 16.3. The number of likely N-dealkylation sites (N-methyl/N-ethyl adjacent to an activating group) is 1. The Morgan fingerprint density at radius 1 is 0.735 bits per heavy atom. The Kier molecular flexibility index (Phi) is 8.73. The molecule has 0 atom stereocenters. The summed E-state index contributed by atoms with van der Waals surface area (Å²) in [6, 6.07) is 21.1. The van der Waals surface area contributed by atoms with Crippen molar-refractivity contribution >= 4 is 11.1 Å². The molecular weight excluding hydrogens is 443 g/mol. The second-order valence-corrected chi connectivity index (χ2v) is 7.87. The van der Waals surface area contributed by atoms with Gasteiger partial charge in [0.15, 0.2) is 6.79 Å². The molecule has 0 aliphatic rings. The molecule has 0 fully saturated rings. The molecule has 0 spiro atoms. The van der Waals surface area contributed by atoms with E-state index in [1.807, 2.05) is 19.0 Å². The van der Waals surface area contributed by atoms with Crippen molar-refractivity contribution in [2.45, 2.75) is 6.18 Å². The van der Waals surface area contributed by atoms with Gasteiger partial charge in [-0.15, -0.1) is 0 Å². The van der Waals surface area contributed by atoms with Crippen molar-refractivity contribution < 1.29 is 27.4 Å². The first kappa shape index (κ1) is 25.3. The Balaban J connectivity index is 2.08. The minimum Gasteiger partial charge on any atom is -0.492 e. The Labute approximate surface area is 198 Å². The number of alkyl halides is 3. The van der Waals surface area contributed by atoms with Gasteiger partial charge in [-0.25, -0.2) is 0 Å². The molecule has 7 heteroatoms. The lowest BCUT2D eigenvalue weighted by atomic mass is 9.89. The summed E-state index contributed by atoms with van der Waals surface area (Å²) in [5.41, 5.74) is 0.327. The van der Waals surface area contributed by atoms with Crippen molar-refractivity contribution in [3.05, 3.63) is 95.6 Å². The van der Waals surface area contributed by atoms with E-state index in [0.29, 0.717) is 29.2 Å². The molecule has 0 aliphatic heterocycles. The highest BCUT2D eigenvalue weighted by Gasteiger charge is 2.38. The van der Waals surface area contributed by atoms with Gasteiger partial charge in [0.1, 0.15) is 18.1 Å². The van der Waals surface area contributed by atoms with Crippen LogP contribution in [0.3, 0.4) is 0 Å². The van der Waals surface area contributed by atoms with E-state index in [9.17, 15) is 13.2 Å². The molecule has 0 unspecified atom stereocenters. The van der Waals surface area contributed by atoms with Crippen LogP contribution in [0.1, 0.15) is 16.7 Å². The van der Waals surface area contributed by atoms with E-state index in [-0.39, 0.29) is 17.9 Å². The summed E-state index contributed by atoms with van der Waals surface area (Å²) in [5.74, 6) is 1.03. The molecular formula is C27H28F3NO3. The van der Waals surface area contributed by atoms with E-state index < -0.39 is 11.7 Å². The van der Waals surface area contributed by atoms with Gasteiger partial charge in [0, 0.05) is 19.2 Å². The van der Waals surface area contributed by atoms with Gasteiger partial charge in [0.2, 0.25) is 0 Å². The van der Waals surface area contributed by atoms with Crippen LogP contribution in [0, 0.1) is 0 Å². The third-order valence-electron chi connectivity index (χ3n) is 5.03. The minimum absolute atomic E-state index is 0.0134. The van der Waals surface area contributed by atoms with E-state index >= 15 is 0 Å². The number of rotatable bonds is 10. The fourth-order valence-electron chi connectivity index (χ4n) is 3.42. The van der Waals surface area contributed by atoms with E-state index in [4.69, 9.17) is 14.2 Å². The molecule has 0 saturated carbocycles. The van der Waals surface area contributed by atoms with Crippen LogP contribution in [0.5, 0.6) is 11.5 Å². The molecule has 180 valence electrons. The first-order valence-corrected chi connectivity index (χ1v) is 10.8. The highest BCUT2D eigenvalue weighted by molar-refractivity contribution is 6.00. The van der Waals surface area contributed by atoms with Gasteiger partial charge in [0.05, 0.1) is 5.57 Å². The highest BCUT2D eigenvalue weighted by Crippen LogP contribution is 2.43. The van der Waals surface area contributed by atoms with Gasteiger partial charge >= 0.3 is 6.18 Å². The van der Waals surface area contributed by atoms with Crippen molar-refractivity contribution in [3.8, 4) is 11.5 Å². The standard InChI is InChI=1S/C27H28F3NO3/c1-31(2)17-18-33-23-13-9-21(10-14-23)25(20-7-5-4-6-8-20)26(27(28,29)30)22-11-15-24(16-12-22)34-19-32-3/h4-16H,17-19H2,1-3H3/b26-25-. The third-order valence-corrected chi connectivity index (χ3v) is 5.03. The molecule has 3 aromatic rings. The van der Waals surface area contributed by atoms with Crippen LogP contribution in [0.25, 0.3) is 11.1 Å². The number of benzene rings is 3. The molecule has 0 aromatic heterocycles. The first-order valence-electron chi connectivity index (χ1n) is 10.8. The highest BCUT2D eigenvalue weighted by atomic mass is 19.4. The molecule has 34 heavy (non-hydrogen) atoms. The van der Waals surface area contributed by atoms with Gasteiger partial charge in [-0.2, -0.15) is 13.2 Å². The fraction of sp³-hybridized carbons (Fsp3) is 0.259. The lowest BCUT2D eigenvalue weighted by Crippen LogP contribution is -2.19. The van der Waals surface area contributed by atoms with Crippen LogP contribution < -0.4 is 9.47 Å². The lowest BCUT2D eigenvalue weighted by Gasteiger charge is -2.20. The second-order valence-electron chi connectivity index (χ2n) is 7.87. The number of allylic oxidation sites excluding steroid dienone is 1. The minimum atomic E-state index is -4.60. The number of hydrogen-bond acceptors (Lipinski definition) is 4. The van der Waals surface area contributed by atoms with Gasteiger partial charge in [0.25, 0.3) is 0 Å². The SMILES string of the molecule is COCOc1ccc(/C(=C(\c2ccccc2)c2ccc(OCCN(C)C)cc2)C(F)(F)F)cc1. The molecule has 0 aliphatic carbocycles. The van der Waals surface area contributed by atoms with Gasteiger partial charge in [-0.3, -0.25) is 0 Å². The van der Waals surface area contributed by atoms with Crippen molar-refractivity contribution in [1.82, 2.24) is 4.90 Å². The number of methoxy groups -OCH3 is 1. The number of hydrogen-bond donors (Lipinski definition) is 0. The average Bonchev–Trinajstić information content (AvgIpc) is 2.82. The van der Waals surface area contributed by atoms with Crippen molar-refractivity contribution in [3.63, 3.8) is 0 Å². The van der Waals surface area contributed by atoms with E-state index in [1.54, 1.807) is 54.6 Å². The Bertz CT molecular complexity index is 1060. The second kappa shape index (κ2) is 11.7. The topological polar surface area (TPSA) is 30.9 Å². The van der Waals surface area contributed by atoms with E-state index in [0.717, 1.165) is 6.54 Å². The Morgan fingerprint density at radius 3 is 1.79 bits per heavy atom. The molecule has 3 rings (SSSR count). The number of nitrogens with zero attached hydrogens (tertiary/aromatic N) is 1. The van der Waals surface area contributed by atoms with Gasteiger partial charge < -0.3 is 19.1 Å². The summed E-state index contributed by atoms with van der Waals surface area (Å²) in [7, 11) is 5.36. The van der Waals surface area contributed by atoms with E-state index in [2.05, 4.69) is 0 Å². The van der Waals surface area contributed by atoms with E-state index in [1.165, 1.54) is 31.4 Å². The maximum Gasteiger partial charge on any atom is 0.417 e. The monoisotopic (exact) mass is 471 g/mol. The van der Waals surface area contributed by atoms with Crippen LogP contribution in [0.15, 0.2) is 78.9 Å². The predicted molar refractivity (Wildman–Crippen MR) is 128 cm³/mol. The fourth-order valence-corrected chi connectivity index (χ4v) is 3.42.